The van der Waals surface area contributed by atoms with Gasteiger partial charge in [0, 0.05) is 57.8 Å². The molecule has 0 aromatic carbocycles. The minimum Gasteiger partial charge on any atom is -0.462 e. The van der Waals surface area contributed by atoms with Crippen LogP contribution in [-0.4, -0.2) is 67.6 Å². The summed E-state index contributed by atoms with van der Waals surface area (Å²) < 4.78 is 19.5. The fraction of sp³-hybridized carbons (Fsp3) is 0.889. The van der Waals surface area contributed by atoms with Crippen LogP contribution in [0.3, 0.4) is 0 Å². The summed E-state index contributed by atoms with van der Waals surface area (Å²) >= 11 is 0. The number of carbonyl (C=O) groups is 2. The van der Waals surface area contributed by atoms with Crippen LogP contribution in [-0.2, 0) is 23.8 Å². The number of piperazine rings is 1. The molecule has 7 nitrogen and oxygen atoms in total. The summed E-state index contributed by atoms with van der Waals surface area (Å²) in [5.41, 5.74) is 2.10. The van der Waals surface area contributed by atoms with E-state index in [-0.39, 0.29) is 29.2 Å². The average molecular weight is 597 g/mol. The minimum atomic E-state index is -0.339. The smallest absolute Gasteiger partial charge is 0.306 e. The first kappa shape index (κ1) is 30.2. The molecule has 7 heteroatoms. The molecule has 11 atom stereocenters. The van der Waals surface area contributed by atoms with E-state index in [1.165, 1.54) is 25.7 Å². The number of nitrogens with one attached hydrogen (secondary N) is 1. The van der Waals surface area contributed by atoms with E-state index in [2.05, 4.69) is 39.1 Å². The first-order chi connectivity index (χ1) is 20.6. The van der Waals surface area contributed by atoms with Crippen molar-refractivity contribution in [2.45, 2.75) is 123 Å². The van der Waals surface area contributed by atoms with Crippen molar-refractivity contribution in [2.75, 3.05) is 32.8 Å². The molecular weight excluding hydrogens is 540 g/mol. The van der Waals surface area contributed by atoms with E-state index in [1.54, 1.807) is 5.57 Å². The van der Waals surface area contributed by atoms with Crippen molar-refractivity contribution < 1.29 is 23.8 Å². The van der Waals surface area contributed by atoms with Gasteiger partial charge in [-0.15, -0.1) is 0 Å². The van der Waals surface area contributed by atoms with E-state index in [9.17, 15) is 9.59 Å². The molecule has 3 saturated carbocycles. The zero-order valence-corrected chi connectivity index (χ0v) is 27.2. The van der Waals surface area contributed by atoms with E-state index in [4.69, 9.17) is 14.2 Å². The maximum Gasteiger partial charge on any atom is 0.306 e. The molecule has 1 N–H and O–H groups in total. The molecule has 3 heterocycles. The van der Waals surface area contributed by atoms with Crippen LogP contribution in [0, 0.1) is 46.3 Å². The van der Waals surface area contributed by atoms with Crippen molar-refractivity contribution >= 4 is 11.9 Å². The molecule has 240 valence electrons. The zero-order valence-electron chi connectivity index (χ0n) is 27.2. The molecule has 4 aliphatic carbocycles. The molecule has 6 fully saturated rings. The Morgan fingerprint density at radius 1 is 1.05 bits per heavy atom. The van der Waals surface area contributed by atoms with E-state index >= 15 is 0 Å². The molecule has 7 rings (SSSR count). The third kappa shape index (κ3) is 5.12. The van der Waals surface area contributed by atoms with Gasteiger partial charge < -0.3 is 24.4 Å². The first-order valence-corrected chi connectivity index (χ1v) is 17.8. The number of hydrogen-bond acceptors (Lipinski definition) is 6. The molecule has 0 aromatic heterocycles. The summed E-state index contributed by atoms with van der Waals surface area (Å²) in [4.78, 5) is 27.1. The minimum absolute atomic E-state index is 0.0180. The Morgan fingerprint density at radius 2 is 1.86 bits per heavy atom. The number of rotatable bonds is 5. The topological polar surface area (TPSA) is 77.1 Å². The Bertz CT molecular complexity index is 1110. The number of carbonyl (C=O) groups excluding carboxylic acids is 2. The Kier molecular flexibility index (Phi) is 8.03. The van der Waals surface area contributed by atoms with Crippen LogP contribution >= 0.6 is 0 Å². The number of amides is 1. The van der Waals surface area contributed by atoms with Gasteiger partial charge in [-0.05, 0) is 91.8 Å². The van der Waals surface area contributed by atoms with Crippen molar-refractivity contribution in [1.82, 2.24) is 10.2 Å². The molecule has 0 bridgehead atoms. The predicted octanol–water partition coefficient (Wildman–Crippen LogP) is 5.87. The number of hydrogen-bond donors (Lipinski definition) is 1. The van der Waals surface area contributed by atoms with Gasteiger partial charge in [0.05, 0.1) is 12.7 Å². The molecule has 3 aliphatic heterocycles. The van der Waals surface area contributed by atoms with Gasteiger partial charge in [-0.25, -0.2) is 0 Å². The molecule has 7 aliphatic rings. The van der Waals surface area contributed by atoms with Crippen LogP contribution in [0.5, 0.6) is 0 Å². The number of esters is 1. The lowest BCUT2D eigenvalue weighted by atomic mass is 9.47. The van der Waals surface area contributed by atoms with E-state index < -0.39 is 0 Å². The van der Waals surface area contributed by atoms with Crippen molar-refractivity contribution in [3.05, 3.63) is 11.6 Å². The molecule has 43 heavy (non-hydrogen) atoms. The second-order valence-corrected chi connectivity index (χ2v) is 16.1. The lowest BCUT2D eigenvalue weighted by Crippen LogP contribution is -2.52. The monoisotopic (exact) mass is 596 g/mol. The van der Waals surface area contributed by atoms with Gasteiger partial charge in [0.15, 0.2) is 5.79 Å². The van der Waals surface area contributed by atoms with Crippen LogP contribution in [0.1, 0.15) is 105 Å². The van der Waals surface area contributed by atoms with Gasteiger partial charge >= 0.3 is 5.97 Å². The second kappa shape index (κ2) is 11.4. The second-order valence-electron chi connectivity index (χ2n) is 16.1. The lowest BCUT2D eigenvalue weighted by molar-refractivity contribution is -0.272. The lowest BCUT2D eigenvalue weighted by Gasteiger charge is -2.58. The summed E-state index contributed by atoms with van der Waals surface area (Å²) in [6.07, 6.45) is 14.4. The Morgan fingerprint density at radius 3 is 2.63 bits per heavy atom. The van der Waals surface area contributed by atoms with Gasteiger partial charge in [-0.3, -0.25) is 9.59 Å². The van der Waals surface area contributed by atoms with E-state index in [1.807, 2.05) is 4.90 Å². The quantitative estimate of drug-likeness (QED) is 0.316. The van der Waals surface area contributed by atoms with Crippen molar-refractivity contribution in [1.29, 1.82) is 0 Å². The average Bonchev–Trinajstić information content (AvgIpc) is 3.44. The van der Waals surface area contributed by atoms with Gasteiger partial charge in [0.25, 0.3) is 0 Å². The maximum atomic E-state index is 12.8. The van der Waals surface area contributed by atoms with E-state index in [0.29, 0.717) is 54.5 Å². The largest absolute Gasteiger partial charge is 0.462 e. The molecule has 0 unspecified atom stereocenters. The standard InChI is InChI=1S/C36H56N2O5/c1-23-10-15-36(41-22-23)24(2)33-30(43-36)21-29-27-9-8-25-20-26(11-13-34(25,3)28(27)12-14-35(29,33)4)42-32(40)7-5-6-31(39)38-18-16-37-17-19-38/h8,23-24,26-30,33,37H,5-7,9-22H2,1-4H3/t23-,24+,26+,27-,28+,29+,30+,33+,34+,35+,36-/m1/s1. The zero-order chi connectivity index (χ0) is 30.0. The highest BCUT2D eigenvalue weighted by Gasteiger charge is 2.68. The first-order valence-electron chi connectivity index (χ1n) is 17.8. The summed E-state index contributed by atoms with van der Waals surface area (Å²) in [5.74, 6) is 3.56. The maximum absolute atomic E-state index is 12.8. The molecule has 3 saturated heterocycles. The summed E-state index contributed by atoms with van der Waals surface area (Å²) in [6, 6.07) is 0. The van der Waals surface area contributed by atoms with Crippen LogP contribution in [0.4, 0.5) is 0 Å². The third-order valence-electron chi connectivity index (χ3n) is 13.9. The summed E-state index contributed by atoms with van der Waals surface area (Å²) in [6.45, 7) is 14.0. The number of ether oxygens (including phenoxy) is 3. The Labute approximate surface area is 259 Å². The summed E-state index contributed by atoms with van der Waals surface area (Å²) in [5, 5.41) is 3.28. The normalized spacial score (nSPS) is 47.3. The van der Waals surface area contributed by atoms with Gasteiger partial charge in [-0.2, -0.15) is 0 Å². The molecule has 1 amide bonds. The molecule has 0 radical (unpaired) electrons. The number of nitrogens with zero attached hydrogens (tertiary/aromatic N) is 1. The Balaban J connectivity index is 0.955. The van der Waals surface area contributed by atoms with Gasteiger partial charge in [0.2, 0.25) is 5.91 Å². The van der Waals surface area contributed by atoms with Crippen LogP contribution < -0.4 is 5.32 Å². The molecule has 1 spiro atoms. The van der Waals surface area contributed by atoms with Crippen LogP contribution in [0.25, 0.3) is 0 Å². The van der Waals surface area contributed by atoms with Crippen LogP contribution in [0.2, 0.25) is 0 Å². The van der Waals surface area contributed by atoms with Gasteiger partial charge in [0.1, 0.15) is 6.10 Å². The predicted molar refractivity (Wildman–Crippen MR) is 165 cm³/mol. The summed E-state index contributed by atoms with van der Waals surface area (Å²) in [7, 11) is 0. The number of allylic oxidation sites excluding steroid dienone is 1. The highest BCUT2D eigenvalue weighted by molar-refractivity contribution is 5.77. The van der Waals surface area contributed by atoms with Crippen LogP contribution in [0.15, 0.2) is 11.6 Å². The number of fused-ring (bicyclic) bond motifs is 7. The van der Waals surface area contributed by atoms with Gasteiger partial charge in [-0.1, -0.05) is 39.3 Å². The van der Waals surface area contributed by atoms with Crippen molar-refractivity contribution in [3.8, 4) is 0 Å². The SMILES string of the molecule is C[C@@H]1CC[C@@]2(OC1)O[C@H]1C[C@H]3[C@@H]4CC=C5C[C@@H](OC(=O)CCCC(=O)N6CCNCC6)CC[C@]5(C)[C@H]4CC[C@]3(C)[C@H]1[C@@H]2C. The van der Waals surface area contributed by atoms with Crippen molar-refractivity contribution in [3.63, 3.8) is 0 Å². The highest BCUT2D eigenvalue weighted by atomic mass is 16.7. The fourth-order valence-electron chi connectivity index (χ4n) is 11.4. The third-order valence-corrected chi connectivity index (χ3v) is 13.9. The molecule has 0 aromatic rings. The van der Waals surface area contributed by atoms with E-state index in [0.717, 1.165) is 76.7 Å². The highest BCUT2D eigenvalue weighted by Crippen LogP contribution is 2.70. The van der Waals surface area contributed by atoms with Crippen molar-refractivity contribution in [2.24, 2.45) is 46.3 Å². The fourth-order valence-corrected chi connectivity index (χ4v) is 11.4. The molecular formula is C36H56N2O5. The Hall–Kier alpha value is -1.44.